The van der Waals surface area contributed by atoms with Crippen LogP contribution in [0.2, 0.25) is 0 Å². The van der Waals surface area contributed by atoms with E-state index < -0.39 is 18.2 Å². The SMILES string of the molecule is N#Cc1ccc(N2C(=O)OC(CO)C2c2ccc(OCc3ccccc3)cc2)cc1. The number of aliphatic hydroxyl groups is 1. The lowest BCUT2D eigenvalue weighted by atomic mass is 10.00. The first-order valence-corrected chi connectivity index (χ1v) is 9.57. The van der Waals surface area contributed by atoms with Gasteiger partial charge in [-0.1, -0.05) is 42.5 Å². The van der Waals surface area contributed by atoms with Crippen molar-refractivity contribution in [3.63, 3.8) is 0 Å². The van der Waals surface area contributed by atoms with E-state index in [2.05, 4.69) is 6.07 Å². The predicted octanol–water partition coefficient (Wildman–Crippen LogP) is 4.20. The van der Waals surface area contributed by atoms with Crippen molar-refractivity contribution < 1.29 is 19.4 Å². The normalized spacial score (nSPS) is 18.0. The molecule has 1 fully saturated rings. The summed E-state index contributed by atoms with van der Waals surface area (Å²) in [5, 5.41) is 18.8. The number of benzene rings is 3. The van der Waals surface area contributed by atoms with Crippen molar-refractivity contribution in [2.75, 3.05) is 11.5 Å². The van der Waals surface area contributed by atoms with Gasteiger partial charge < -0.3 is 14.6 Å². The highest BCUT2D eigenvalue weighted by molar-refractivity contribution is 5.91. The zero-order chi connectivity index (χ0) is 20.9. The van der Waals surface area contributed by atoms with Crippen LogP contribution in [-0.4, -0.2) is 23.9 Å². The van der Waals surface area contributed by atoms with Crippen LogP contribution < -0.4 is 9.64 Å². The molecule has 150 valence electrons. The van der Waals surface area contributed by atoms with E-state index in [1.54, 1.807) is 24.3 Å². The Morgan fingerprint density at radius 2 is 1.70 bits per heavy atom. The van der Waals surface area contributed by atoms with Gasteiger partial charge >= 0.3 is 6.09 Å². The number of cyclic esters (lactones) is 1. The van der Waals surface area contributed by atoms with Crippen molar-refractivity contribution in [3.8, 4) is 11.8 Å². The van der Waals surface area contributed by atoms with Crippen molar-refractivity contribution in [2.45, 2.75) is 18.8 Å². The fourth-order valence-electron chi connectivity index (χ4n) is 3.50. The molecule has 0 saturated carbocycles. The van der Waals surface area contributed by atoms with Crippen LogP contribution >= 0.6 is 0 Å². The highest BCUT2D eigenvalue weighted by Gasteiger charge is 2.43. The topological polar surface area (TPSA) is 82.8 Å². The van der Waals surface area contributed by atoms with Gasteiger partial charge in [-0.3, -0.25) is 4.90 Å². The number of anilines is 1. The molecular weight excluding hydrogens is 380 g/mol. The number of ether oxygens (including phenoxy) is 2. The maximum absolute atomic E-state index is 12.5. The molecule has 4 rings (SSSR count). The van der Waals surface area contributed by atoms with E-state index in [1.165, 1.54) is 4.90 Å². The number of hydrogen-bond acceptors (Lipinski definition) is 5. The first-order chi connectivity index (χ1) is 14.7. The lowest BCUT2D eigenvalue weighted by Crippen LogP contribution is -2.30. The van der Waals surface area contributed by atoms with E-state index in [0.29, 0.717) is 23.6 Å². The molecule has 6 nitrogen and oxygen atoms in total. The molecule has 1 heterocycles. The smallest absolute Gasteiger partial charge is 0.415 e. The minimum Gasteiger partial charge on any atom is -0.489 e. The zero-order valence-corrected chi connectivity index (χ0v) is 16.1. The summed E-state index contributed by atoms with van der Waals surface area (Å²) in [6.45, 7) is 0.164. The number of rotatable bonds is 6. The molecule has 3 aromatic rings. The summed E-state index contributed by atoms with van der Waals surface area (Å²) in [4.78, 5) is 14.0. The maximum atomic E-state index is 12.5. The molecule has 1 N–H and O–H groups in total. The molecule has 0 aliphatic carbocycles. The van der Waals surface area contributed by atoms with Gasteiger partial charge in [0.2, 0.25) is 0 Å². The third kappa shape index (κ3) is 3.97. The number of carbonyl (C=O) groups is 1. The Balaban J connectivity index is 1.56. The van der Waals surface area contributed by atoms with Crippen molar-refractivity contribution in [1.82, 2.24) is 0 Å². The Labute approximate surface area is 174 Å². The molecule has 2 unspecified atom stereocenters. The fourth-order valence-corrected chi connectivity index (χ4v) is 3.50. The van der Waals surface area contributed by atoms with E-state index >= 15 is 0 Å². The molecule has 1 aliphatic heterocycles. The molecule has 30 heavy (non-hydrogen) atoms. The van der Waals surface area contributed by atoms with Crippen LogP contribution in [-0.2, 0) is 11.3 Å². The molecule has 0 aromatic heterocycles. The second kappa shape index (κ2) is 8.68. The standard InChI is InChI=1S/C24H20N2O4/c25-14-17-6-10-20(11-7-17)26-23(22(15-27)30-24(26)28)19-8-12-21(13-9-19)29-16-18-4-2-1-3-5-18/h1-13,22-23,27H,15-16H2. The Hall–Kier alpha value is -3.82. The van der Waals surface area contributed by atoms with Gasteiger partial charge in [0.15, 0.2) is 6.10 Å². The van der Waals surface area contributed by atoms with E-state index in [1.807, 2.05) is 54.6 Å². The molecule has 2 atom stereocenters. The Kier molecular flexibility index (Phi) is 5.64. The molecule has 1 aliphatic rings. The summed E-state index contributed by atoms with van der Waals surface area (Å²) in [5.41, 5.74) is 2.99. The first-order valence-electron chi connectivity index (χ1n) is 9.57. The maximum Gasteiger partial charge on any atom is 0.415 e. The Morgan fingerprint density at radius 1 is 1.00 bits per heavy atom. The summed E-state index contributed by atoms with van der Waals surface area (Å²) in [5.74, 6) is 0.707. The molecule has 6 heteroatoms. The third-order valence-electron chi connectivity index (χ3n) is 5.00. The highest BCUT2D eigenvalue weighted by atomic mass is 16.6. The van der Waals surface area contributed by atoms with Crippen molar-refractivity contribution >= 4 is 11.8 Å². The molecule has 0 spiro atoms. The van der Waals surface area contributed by atoms with Crippen LogP contribution in [0.1, 0.15) is 22.7 Å². The summed E-state index contributed by atoms with van der Waals surface area (Å²) in [7, 11) is 0. The van der Waals surface area contributed by atoms with Gasteiger partial charge in [-0.2, -0.15) is 5.26 Å². The second-order valence-electron chi connectivity index (χ2n) is 6.92. The molecule has 1 saturated heterocycles. The van der Waals surface area contributed by atoms with Crippen LogP contribution in [0.4, 0.5) is 10.5 Å². The average molecular weight is 400 g/mol. The second-order valence-corrected chi connectivity index (χ2v) is 6.92. The number of amides is 1. The fraction of sp³-hybridized carbons (Fsp3) is 0.167. The molecule has 3 aromatic carbocycles. The van der Waals surface area contributed by atoms with Gasteiger partial charge in [0.25, 0.3) is 0 Å². The van der Waals surface area contributed by atoms with Crippen molar-refractivity contribution in [1.29, 1.82) is 5.26 Å². The van der Waals surface area contributed by atoms with Crippen molar-refractivity contribution in [2.24, 2.45) is 0 Å². The lowest BCUT2D eigenvalue weighted by molar-refractivity contribution is 0.0829. The minimum absolute atomic E-state index is 0.296. The Bertz CT molecular complexity index is 1040. The monoisotopic (exact) mass is 400 g/mol. The predicted molar refractivity (Wildman–Crippen MR) is 111 cm³/mol. The summed E-state index contributed by atoms with van der Waals surface area (Å²) >= 11 is 0. The van der Waals surface area contributed by atoms with E-state index in [9.17, 15) is 9.90 Å². The van der Waals surface area contributed by atoms with Gasteiger partial charge in [0.05, 0.1) is 18.2 Å². The van der Waals surface area contributed by atoms with E-state index in [4.69, 9.17) is 14.7 Å². The van der Waals surface area contributed by atoms with E-state index in [-0.39, 0.29) is 6.61 Å². The van der Waals surface area contributed by atoms with Crippen LogP contribution in [0, 0.1) is 11.3 Å². The largest absolute Gasteiger partial charge is 0.489 e. The van der Waals surface area contributed by atoms with Gasteiger partial charge in [-0.15, -0.1) is 0 Å². The van der Waals surface area contributed by atoms with Gasteiger partial charge in [0.1, 0.15) is 18.4 Å². The van der Waals surface area contributed by atoms with Gasteiger partial charge in [-0.05, 0) is 47.5 Å². The van der Waals surface area contributed by atoms with Crippen LogP contribution in [0.15, 0.2) is 78.9 Å². The number of carbonyl (C=O) groups excluding carboxylic acids is 1. The Morgan fingerprint density at radius 3 is 2.33 bits per heavy atom. The quantitative estimate of drug-likeness (QED) is 0.671. The number of aliphatic hydroxyl groups excluding tert-OH is 1. The van der Waals surface area contributed by atoms with E-state index in [0.717, 1.165) is 11.1 Å². The lowest BCUT2D eigenvalue weighted by Gasteiger charge is -2.24. The van der Waals surface area contributed by atoms with Crippen LogP contribution in [0.5, 0.6) is 5.75 Å². The average Bonchev–Trinajstić information content (AvgIpc) is 3.15. The highest BCUT2D eigenvalue weighted by Crippen LogP contribution is 2.37. The minimum atomic E-state index is -0.691. The summed E-state index contributed by atoms with van der Waals surface area (Å²) in [6.07, 6.45) is -1.22. The molecule has 1 amide bonds. The first kappa shape index (κ1) is 19.5. The molecule has 0 radical (unpaired) electrons. The number of hydrogen-bond donors (Lipinski definition) is 1. The van der Waals surface area contributed by atoms with Gasteiger partial charge in [0, 0.05) is 5.69 Å². The van der Waals surface area contributed by atoms with Crippen LogP contribution in [0.25, 0.3) is 0 Å². The van der Waals surface area contributed by atoms with Crippen LogP contribution in [0.3, 0.4) is 0 Å². The van der Waals surface area contributed by atoms with Gasteiger partial charge in [-0.25, -0.2) is 4.79 Å². The molecular formula is C24H20N2O4. The molecule has 0 bridgehead atoms. The van der Waals surface area contributed by atoms with Crippen molar-refractivity contribution in [3.05, 3.63) is 95.6 Å². The summed E-state index contributed by atoms with van der Waals surface area (Å²) in [6, 6.07) is 25.6. The third-order valence-corrected chi connectivity index (χ3v) is 5.00. The summed E-state index contributed by atoms with van der Waals surface area (Å²) < 4.78 is 11.2. The zero-order valence-electron chi connectivity index (χ0n) is 16.1. The number of nitriles is 1. The number of nitrogens with zero attached hydrogens (tertiary/aromatic N) is 2.